The van der Waals surface area contributed by atoms with Crippen LogP contribution in [0.15, 0.2) is 29.3 Å². The molecule has 0 heterocycles. The number of aliphatic imine (C=N–C) groups is 1. The molecule has 5 heteroatoms. The van der Waals surface area contributed by atoms with Crippen molar-refractivity contribution >= 4 is 11.9 Å². The van der Waals surface area contributed by atoms with Gasteiger partial charge in [0.25, 0.3) is 5.91 Å². The number of rotatable bonds is 10. The summed E-state index contributed by atoms with van der Waals surface area (Å²) in [5.41, 5.74) is 7.63. The summed E-state index contributed by atoms with van der Waals surface area (Å²) in [6, 6.07) is 8.02. The number of benzene rings is 1. The van der Waals surface area contributed by atoms with Crippen molar-refractivity contribution < 1.29 is 4.79 Å². The molecule has 0 aliphatic rings. The first-order valence-corrected chi connectivity index (χ1v) is 9.78. The van der Waals surface area contributed by atoms with Crippen molar-refractivity contribution in [1.82, 2.24) is 10.6 Å². The van der Waals surface area contributed by atoms with Gasteiger partial charge in [0.2, 0.25) is 0 Å². The van der Waals surface area contributed by atoms with Crippen molar-refractivity contribution in [3.8, 4) is 0 Å². The zero-order valence-corrected chi connectivity index (χ0v) is 17.0. The van der Waals surface area contributed by atoms with Gasteiger partial charge < -0.3 is 16.4 Å². The lowest BCUT2D eigenvalue weighted by Crippen LogP contribution is -2.38. The van der Waals surface area contributed by atoms with Crippen molar-refractivity contribution in [3.05, 3.63) is 35.4 Å². The number of hydrogen-bond acceptors (Lipinski definition) is 2. The van der Waals surface area contributed by atoms with E-state index in [0.717, 1.165) is 24.3 Å². The summed E-state index contributed by atoms with van der Waals surface area (Å²) in [5.74, 6) is 1.14. The molecule has 26 heavy (non-hydrogen) atoms. The molecule has 1 amide bonds. The lowest BCUT2D eigenvalue weighted by atomic mass is 10.0. The van der Waals surface area contributed by atoms with Crippen LogP contribution in [0.4, 0.5) is 0 Å². The predicted molar refractivity (Wildman–Crippen MR) is 110 cm³/mol. The van der Waals surface area contributed by atoms with Crippen molar-refractivity contribution in [3.63, 3.8) is 0 Å². The maximum absolute atomic E-state index is 12.2. The fourth-order valence-corrected chi connectivity index (χ4v) is 2.60. The van der Waals surface area contributed by atoms with Gasteiger partial charge in [-0.1, -0.05) is 45.7 Å². The van der Waals surface area contributed by atoms with E-state index in [0.29, 0.717) is 24.1 Å². The first-order valence-electron chi connectivity index (χ1n) is 9.78. The van der Waals surface area contributed by atoms with Crippen LogP contribution in [0.5, 0.6) is 0 Å². The Hall–Kier alpha value is -2.04. The molecule has 2 unspecified atom stereocenters. The second-order valence-corrected chi connectivity index (χ2v) is 7.55. The van der Waals surface area contributed by atoms with Crippen LogP contribution in [0, 0.1) is 5.92 Å². The van der Waals surface area contributed by atoms with Gasteiger partial charge in [-0.25, -0.2) is 4.99 Å². The smallest absolute Gasteiger partial charge is 0.251 e. The van der Waals surface area contributed by atoms with Crippen LogP contribution in [0.3, 0.4) is 0 Å². The van der Waals surface area contributed by atoms with Crippen LogP contribution in [0.25, 0.3) is 0 Å². The molecule has 2 atom stereocenters. The minimum Gasteiger partial charge on any atom is -0.370 e. The van der Waals surface area contributed by atoms with Gasteiger partial charge in [0.1, 0.15) is 0 Å². The first-order chi connectivity index (χ1) is 12.3. The number of guanidine groups is 1. The van der Waals surface area contributed by atoms with E-state index in [1.807, 2.05) is 31.2 Å². The standard InChI is InChI=1S/C21H36N4O/c1-6-16(4)24-20(26)19-12-8-11-18(13-19)14-23-21(22)25-17(5)10-7-9-15(2)3/h8,11-13,15-17H,6-7,9-10,14H2,1-5H3,(H,24,26)(H3,22,23,25). The molecule has 0 aromatic heterocycles. The van der Waals surface area contributed by atoms with Gasteiger partial charge in [0.15, 0.2) is 5.96 Å². The Morgan fingerprint density at radius 1 is 1.12 bits per heavy atom. The predicted octanol–water partition coefficient (Wildman–Crippen LogP) is 3.83. The topological polar surface area (TPSA) is 79.5 Å². The van der Waals surface area contributed by atoms with Crippen molar-refractivity contribution in [2.45, 2.75) is 78.9 Å². The molecule has 4 N–H and O–H groups in total. The molecular formula is C21H36N4O. The highest BCUT2D eigenvalue weighted by Gasteiger charge is 2.09. The van der Waals surface area contributed by atoms with Crippen LogP contribution in [-0.4, -0.2) is 24.0 Å². The van der Waals surface area contributed by atoms with Gasteiger partial charge in [-0.2, -0.15) is 0 Å². The maximum atomic E-state index is 12.2. The monoisotopic (exact) mass is 360 g/mol. The molecule has 0 spiro atoms. The second-order valence-electron chi connectivity index (χ2n) is 7.55. The first kappa shape index (κ1) is 22.0. The number of carbonyl (C=O) groups excluding carboxylic acids is 1. The Bertz CT molecular complexity index is 583. The van der Waals surface area contributed by atoms with Gasteiger partial charge in [-0.05, 0) is 50.3 Å². The molecule has 1 aromatic rings. The van der Waals surface area contributed by atoms with Gasteiger partial charge in [0.05, 0.1) is 6.54 Å². The van der Waals surface area contributed by atoms with Crippen LogP contribution >= 0.6 is 0 Å². The number of nitrogens with two attached hydrogens (primary N) is 1. The SMILES string of the molecule is CCC(C)NC(=O)c1cccc(CN=C(N)NC(C)CCCC(C)C)c1. The molecule has 1 rings (SSSR count). The largest absolute Gasteiger partial charge is 0.370 e. The fraction of sp³-hybridized carbons (Fsp3) is 0.619. The van der Waals surface area contributed by atoms with Crippen LogP contribution in [0.1, 0.15) is 76.2 Å². The van der Waals surface area contributed by atoms with Gasteiger partial charge in [-0.3, -0.25) is 4.79 Å². The Morgan fingerprint density at radius 3 is 2.50 bits per heavy atom. The molecule has 0 aliphatic carbocycles. The summed E-state index contributed by atoms with van der Waals surface area (Å²) < 4.78 is 0. The summed E-state index contributed by atoms with van der Waals surface area (Å²) >= 11 is 0. The van der Waals surface area contributed by atoms with E-state index >= 15 is 0 Å². The minimum absolute atomic E-state index is 0.0462. The van der Waals surface area contributed by atoms with Crippen LogP contribution in [-0.2, 0) is 6.54 Å². The van der Waals surface area contributed by atoms with E-state index in [1.165, 1.54) is 12.8 Å². The molecule has 0 bridgehead atoms. The molecule has 0 fully saturated rings. The summed E-state index contributed by atoms with van der Waals surface area (Å²) in [5, 5.41) is 6.22. The Labute approximate surface area is 158 Å². The molecule has 0 aliphatic heterocycles. The molecule has 0 radical (unpaired) electrons. The summed E-state index contributed by atoms with van der Waals surface area (Å²) in [4.78, 5) is 16.6. The van der Waals surface area contributed by atoms with E-state index < -0.39 is 0 Å². The fourth-order valence-electron chi connectivity index (χ4n) is 2.60. The maximum Gasteiger partial charge on any atom is 0.251 e. The lowest BCUT2D eigenvalue weighted by molar-refractivity contribution is 0.0939. The second kappa shape index (κ2) is 11.6. The summed E-state index contributed by atoms with van der Waals surface area (Å²) in [7, 11) is 0. The molecular weight excluding hydrogens is 324 g/mol. The van der Waals surface area contributed by atoms with Gasteiger partial charge in [-0.15, -0.1) is 0 Å². The average molecular weight is 361 g/mol. The van der Waals surface area contributed by atoms with Crippen LogP contribution < -0.4 is 16.4 Å². The third-order valence-electron chi connectivity index (χ3n) is 4.42. The molecule has 146 valence electrons. The lowest BCUT2D eigenvalue weighted by Gasteiger charge is -2.15. The molecule has 1 aromatic carbocycles. The van der Waals surface area contributed by atoms with E-state index in [2.05, 4.69) is 43.3 Å². The Morgan fingerprint density at radius 2 is 1.85 bits per heavy atom. The Balaban J connectivity index is 2.53. The van der Waals surface area contributed by atoms with E-state index in [4.69, 9.17) is 5.73 Å². The van der Waals surface area contributed by atoms with Crippen molar-refractivity contribution in [2.24, 2.45) is 16.6 Å². The summed E-state index contributed by atoms with van der Waals surface area (Å²) in [6.45, 7) is 11.1. The zero-order chi connectivity index (χ0) is 19.5. The minimum atomic E-state index is -0.0462. The number of nitrogens with one attached hydrogen (secondary N) is 2. The number of carbonyl (C=O) groups is 1. The Kier molecular flexibility index (Phi) is 9.78. The van der Waals surface area contributed by atoms with E-state index in [9.17, 15) is 4.79 Å². The van der Waals surface area contributed by atoms with Gasteiger partial charge >= 0.3 is 0 Å². The normalized spacial score (nSPS) is 14.2. The number of nitrogens with zero attached hydrogens (tertiary/aromatic N) is 1. The van der Waals surface area contributed by atoms with Gasteiger partial charge in [0, 0.05) is 17.6 Å². The highest BCUT2D eigenvalue weighted by atomic mass is 16.1. The third kappa shape index (κ3) is 8.88. The number of hydrogen-bond donors (Lipinski definition) is 3. The van der Waals surface area contributed by atoms with Crippen molar-refractivity contribution in [2.75, 3.05) is 0 Å². The molecule has 0 saturated carbocycles. The highest BCUT2D eigenvalue weighted by molar-refractivity contribution is 5.94. The third-order valence-corrected chi connectivity index (χ3v) is 4.42. The number of amides is 1. The zero-order valence-electron chi connectivity index (χ0n) is 17.0. The summed E-state index contributed by atoms with van der Waals surface area (Å²) in [6.07, 6.45) is 4.41. The average Bonchev–Trinajstić information content (AvgIpc) is 2.59. The van der Waals surface area contributed by atoms with E-state index in [-0.39, 0.29) is 11.9 Å². The van der Waals surface area contributed by atoms with E-state index in [1.54, 1.807) is 0 Å². The van der Waals surface area contributed by atoms with Crippen molar-refractivity contribution in [1.29, 1.82) is 0 Å². The quantitative estimate of drug-likeness (QED) is 0.438. The molecule has 0 saturated heterocycles. The molecule has 5 nitrogen and oxygen atoms in total. The highest BCUT2D eigenvalue weighted by Crippen LogP contribution is 2.09. The van der Waals surface area contributed by atoms with Crippen LogP contribution in [0.2, 0.25) is 0 Å².